The smallest absolute Gasteiger partial charge is 0.171 e. The minimum Gasteiger partial charge on any atom is -0.264 e. The molecule has 0 atom stereocenters. The zero-order chi connectivity index (χ0) is 25.4. The summed E-state index contributed by atoms with van der Waals surface area (Å²) >= 11 is 3.52. The van der Waals surface area contributed by atoms with Crippen molar-refractivity contribution in [3.8, 4) is 0 Å². The Morgan fingerprint density at radius 3 is 1.61 bits per heavy atom. The lowest BCUT2D eigenvalue weighted by molar-refractivity contribution is -0.697. The Bertz CT molecular complexity index is 733. The van der Waals surface area contributed by atoms with Gasteiger partial charge in [0.25, 0.3) is 0 Å². The fourth-order valence-electron chi connectivity index (χ4n) is 5.11. The second-order valence-corrected chi connectivity index (χ2v) is 11.5. The SMILES string of the molecule is BrCCCCCCCCCCCCc1ccc[n+](CCCCCCCCCCCc2cccnc2)c1. The molecule has 0 aromatic carbocycles. The van der Waals surface area contributed by atoms with E-state index >= 15 is 0 Å². The molecule has 202 valence electrons. The number of rotatable bonds is 24. The van der Waals surface area contributed by atoms with Gasteiger partial charge in [0.15, 0.2) is 12.4 Å². The first kappa shape index (κ1) is 31.0. The zero-order valence-corrected chi connectivity index (χ0v) is 24.7. The monoisotopic (exact) mass is 557 g/mol. The van der Waals surface area contributed by atoms with E-state index < -0.39 is 0 Å². The van der Waals surface area contributed by atoms with Crippen molar-refractivity contribution >= 4 is 15.9 Å². The summed E-state index contributed by atoms with van der Waals surface area (Å²) in [6.45, 7) is 1.18. The molecule has 3 heteroatoms. The van der Waals surface area contributed by atoms with Crippen LogP contribution in [-0.4, -0.2) is 10.3 Å². The summed E-state index contributed by atoms with van der Waals surface area (Å²) in [5.41, 5.74) is 2.90. The predicted octanol–water partition coefficient (Wildman–Crippen LogP) is 9.96. The van der Waals surface area contributed by atoms with E-state index in [2.05, 4.69) is 56.1 Å². The van der Waals surface area contributed by atoms with Gasteiger partial charge in [0.1, 0.15) is 6.54 Å². The molecule has 0 fully saturated rings. The molecule has 0 saturated carbocycles. The zero-order valence-electron chi connectivity index (χ0n) is 23.2. The molecule has 0 aliphatic heterocycles. The first-order valence-electron chi connectivity index (χ1n) is 15.3. The Hall–Kier alpha value is -1.22. The van der Waals surface area contributed by atoms with E-state index in [9.17, 15) is 0 Å². The van der Waals surface area contributed by atoms with Crippen LogP contribution >= 0.6 is 15.9 Å². The summed E-state index contributed by atoms with van der Waals surface area (Å²) in [6.07, 6.45) is 37.4. The molecule has 2 aromatic rings. The molecule has 0 N–H and O–H groups in total. The third kappa shape index (κ3) is 17.3. The highest BCUT2D eigenvalue weighted by atomic mass is 79.9. The normalized spacial score (nSPS) is 11.2. The van der Waals surface area contributed by atoms with Crippen LogP contribution in [0.1, 0.15) is 133 Å². The van der Waals surface area contributed by atoms with Gasteiger partial charge in [-0.15, -0.1) is 0 Å². The van der Waals surface area contributed by atoms with E-state index in [0.717, 1.165) is 0 Å². The molecular formula is C33H54BrN2+. The Balaban J connectivity index is 1.37. The highest BCUT2D eigenvalue weighted by molar-refractivity contribution is 9.09. The molecule has 0 unspecified atom stereocenters. The third-order valence-electron chi connectivity index (χ3n) is 7.37. The lowest BCUT2D eigenvalue weighted by Crippen LogP contribution is -2.33. The van der Waals surface area contributed by atoms with Gasteiger partial charge in [-0.2, -0.15) is 0 Å². The van der Waals surface area contributed by atoms with Gasteiger partial charge in [-0.05, 0) is 56.2 Å². The van der Waals surface area contributed by atoms with Crippen molar-refractivity contribution in [3.63, 3.8) is 0 Å². The van der Waals surface area contributed by atoms with Crippen LogP contribution in [0.25, 0.3) is 0 Å². The summed E-state index contributed by atoms with van der Waals surface area (Å²) in [5, 5.41) is 1.17. The highest BCUT2D eigenvalue weighted by Crippen LogP contribution is 2.13. The number of aromatic nitrogens is 2. The molecule has 0 saturated heterocycles. The lowest BCUT2D eigenvalue weighted by Gasteiger charge is -2.04. The lowest BCUT2D eigenvalue weighted by atomic mass is 10.0. The number of unbranched alkanes of at least 4 members (excludes halogenated alkanes) is 17. The summed E-state index contributed by atoms with van der Waals surface area (Å²) in [4.78, 5) is 4.20. The summed E-state index contributed by atoms with van der Waals surface area (Å²) in [5.74, 6) is 0. The van der Waals surface area contributed by atoms with Gasteiger partial charge < -0.3 is 0 Å². The molecule has 0 bridgehead atoms. The van der Waals surface area contributed by atoms with Crippen molar-refractivity contribution in [1.29, 1.82) is 0 Å². The Morgan fingerprint density at radius 2 is 1.06 bits per heavy atom. The maximum absolute atomic E-state index is 4.20. The minimum atomic E-state index is 1.17. The molecule has 0 radical (unpaired) electrons. The summed E-state index contributed by atoms with van der Waals surface area (Å²) in [6, 6.07) is 8.81. The van der Waals surface area contributed by atoms with Crippen LogP contribution in [-0.2, 0) is 19.4 Å². The molecular weight excluding hydrogens is 504 g/mol. The van der Waals surface area contributed by atoms with E-state index in [1.807, 2.05) is 18.5 Å². The van der Waals surface area contributed by atoms with Crippen molar-refractivity contribution in [2.24, 2.45) is 0 Å². The predicted molar refractivity (Wildman–Crippen MR) is 160 cm³/mol. The van der Waals surface area contributed by atoms with Gasteiger partial charge in [0.2, 0.25) is 0 Å². The van der Waals surface area contributed by atoms with Crippen LogP contribution in [0.5, 0.6) is 0 Å². The second kappa shape index (κ2) is 22.9. The van der Waals surface area contributed by atoms with Crippen molar-refractivity contribution < 1.29 is 4.57 Å². The first-order valence-corrected chi connectivity index (χ1v) is 16.4. The maximum atomic E-state index is 4.20. The molecule has 0 amide bonds. The maximum Gasteiger partial charge on any atom is 0.171 e. The summed E-state index contributed by atoms with van der Waals surface area (Å²) < 4.78 is 2.42. The molecule has 0 aliphatic rings. The number of aryl methyl sites for hydroxylation is 3. The Kier molecular flexibility index (Phi) is 19.8. The Labute approximate surface area is 231 Å². The van der Waals surface area contributed by atoms with E-state index in [4.69, 9.17) is 0 Å². The number of alkyl halides is 1. The Morgan fingerprint density at radius 1 is 0.556 bits per heavy atom. The van der Waals surface area contributed by atoms with E-state index in [0.29, 0.717) is 0 Å². The van der Waals surface area contributed by atoms with Crippen molar-refractivity contribution in [2.45, 2.75) is 141 Å². The van der Waals surface area contributed by atoms with Crippen LogP contribution in [0.2, 0.25) is 0 Å². The minimum absolute atomic E-state index is 1.17. The topological polar surface area (TPSA) is 16.8 Å². The van der Waals surface area contributed by atoms with E-state index in [1.54, 1.807) is 0 Å². The molecule has 0 aliphatic carbocycles. The molecule has 0 spiro atoms. The van der Waals surface area contributed by atoms with Crippen molar-refractivity contribution in [1.82, 2.24) is 4.98 Å². The second-order valence-electron chi connectivity index (χ2n) is 10.7. The van der Waals surface area contributed by atoms with Gasteiger partial charge in [-0.3, -0.25) is 4.98 Å². The van der Waals surface area contributed by atoms with Crippen LogP contribution in [0.15, 0.2) is 49.1 Å². The largest absolute Gasteiger partial charge is 0.264 e. The summed E-state index contributed by atoms with van der Waals surface area (Å²) in [7, 11) is 0. The number of pyridine rings is 2. The van der Waals surface area contributed by atoms with Crippen molar-refractivity contribution in [3.05, 3.63) is 60.2 Å². The van der Waals surface area contributed by atoms with Gasteiger partial charge in [0.05, 0.1) is 0 Å². The van der Waals surface area contributed by atoms with Crippen molar-refractivity contribution in [2.75, 3.05) is 5.33 Å². The fraction of sp³-hybridized carbons (Fsp3) is 0.697. The fourth-order valence-corrected chi connectivity index (χ4v) is 5.50. The number of nitrogens with zero attached hydrogens (tertiary/aromatic N) is 2. The molecule has 2 heterocycles. The number of hydrogen-bond donors (Lipinski definition) is 0. The highest BCUT2D eigenvalue weighted by Gasteiger charge is 2.03. The molecule has 36 heavy (non-hydrogen) atoms. The first-order chi connectivity index (χ1) is 17.9. The van der Waals surface area contributed by atoms with Gasteiger partial charge >= 0.3 is 0 Å². The van der Waals surface area contributed by atoms with Crippen LogP contribution < -0.4 is 4.57 Å². The standard InChI is InChI=1S/C33H54BrN2/c34-26-18-14-10-6-2-1-4-9-13-17-23-33-25-21-29-36(31-33)28-19-15-11-7-3-5-8-12-16-22-32-24-20-27-35-30-32/h20-21,24-25,27,29-31H,1-19,22-23,26,28H2/q+1. The van der Waals surface area contributed by atoms with Gasteiger partial charge in [-0.1, -0.05) is 112 Å². The van der Waals surface area contributed by atoms with E-state index in [-0.39, 0.29) is 0 Å². The van der Waals surface area contributed by atoms with Gasteiger partial charge in [-0.25, -0.2) is 4.57 Å². The van der Waals surface area contributed by atoms with Crippen LogP contribution in [0.3, 0.4) is 0 Å². The quantitative estimate of drug-likeness (QED) is 0.0712. The number of hydrogen-bond acceptors (Lipinski definition) is 1. The molecule has 2 aromatic heterocycles. The average molecular weight is 559 g/mol. The van der Waals surface area contributed by atoms with E-state index in [1.165, 1.54) is 158 Å². The average Bonchev–Trinajstić information content (AvgIpc) is 2.91. The van der Waals surface area contributed by atoms with Gasteiger partial charge in [0, 0.05) is 35.8 Å². The number of halogens is 1. The third-order valence-corrected chi connectivity index (χ3v) is 7.93. The van der Waals surface area contributed by atoms with Crippen LogP contribution in [0.4, 0.5) is 0 Å². The molecule has 2 rings (SSSR count). The van der Waals surface area contributed by atoms with Crippen LogP contribution in [0, 0.1) is 0 Å². The molecule has 2 nitrogen and oxygen atoms in total.